The van der Waals surface area contributed by atoms with Crippen LogP contribution in [0.25, 0.3) is 12.2 Å². The lowest BCUT2D eigenvalue weighted by Gasteiger charge is -2.24. The van der Waals surface area contributed by atoms with E-state index in [2.05, 4.69) is 68.3 Å². The Labute approximate surface area is 154 Å². The van der Waals surface area contributed by atoms with E-state index in [0.29, 0.717) is 0 Å². The molecule has 1 aliphatic rings. The molecule has 1 nitrogen and oxygen atoms in total. The molecule has 0 saturated heterocycles. The van der Waals surface area contributed by atoms with Crippen LogP contribution < -0.4 is 0 Å². The third-order valence-corrected chi connectivity index (χ3v) is 5.13. The molecule has 118 valence electrons. The second-order valence-electron chi connectivity index (χ2n) is 5.80. The normalized spacial score (nSPS) is 21.8. The van der Waals surface area contributed by atoms with Crippen molar-refractivity contribution in [3.8, 4) is 0 Å². The maximum Gasteiger partial charge on any atom is 0.0967 e. The molecule has 3 rings (SSSR count). The first-order valence-electron chi connectivity index (χ1n) is 7.72. The molecular formula is C20H18Br2O. The molecule has 0 aliphatic heterocycles. The van der Waals surface area contributed by atoms with Crippen LogP contribution in [-0.4, -0.2) is 11.2 Å². The van der Waals surface area contributed by atoms with E-state index in [-0.39, 0.29) is 0 Å². The van der Waals surface area contributed by atoms with Crippen LogP contribution in [0.5, 0.6) is 0 Å². The summed E-state index contributed by atoms with van der Waals surface area (Å²) in [6, 6.07) is 16.4. The first-order chi connectivity index (χ1) is 11.1. The van der Waals surface area contributed by atoms with Crippen LogP contribution in [-0.2, 0) is 0 Å². The van der Waals surface area contributed by atoms with E-state index < -0.39 is 6.10 Å². The Morgan fingerprint density at radius 2 is 1.13 bits per heavy atom. The van der Waals surface area contributed by atoms with E-state index in [1.165, 1.54) is 0 Å². The fourth-order valence-electron chi connectivity index (χ4n) is 2.86. The molecular weight excluding hydrogens is 416 g/mol. The summed E-state index contributed by atoms with van der Waals surface area (Å²) in [6.45, 7) is 0. The number of aliphatic hydroxyl groups excluding tert-OH is 1. The van der Waals surface area contributed by atoms with Gasteiger partial charge in [0.25, 0.3) is 0 Å². The number of benzene rings is 2. The molecule has 2 aromatic rings. The van der Waals surface area contributed by atoms with Gasteiger partial charge in [-0.05, 0) is 65.8 Å². The van der Waals surface area contributed by atoms with E-state index >= 15 is 0 Å². The molecule has 1 N–H and O–H groups in total. The third kappa shape index (κ3) is 4.43. The molecule has 3 heteroatoms. The van der Waals surface area contributed by atoms with Crippen molar-refractivity contribution in [2.24, 2.45) is 0 Å². The van der Waals surface area contributed by atoms with Gasteiger partial charge in [0.1, 0.15) is 0 Å². The van der Waals surface area contributed by atoms with Gasteiger partial charge < -0.3 is 5.11 Å². The molecule has 2 aromatic carbocycles. The van der Waals surface area contributed by atoms with Crippen LogP contribution in [0.15, 0.2) is 68.6 Å². The highest BCUT2D eigenvalue weighted by molar-refractivity contribution is 9.10. The zero-order chi connectivity index (χ0) is 16.2. The number of rotatable bonds is 2. The predicted octanol–water partition coefficient (Wildman–Crippen LogP) is 6.22. The Morgan fingerprint density at radius 3 is 1.52 bits per heavy atom. The Kier molecular flexibility index (Phi) is 5.52. The topological polar surface area (TPSA) is 20.2 Å². The van der Waals surface area contributed by atoms with E-state index in [1.807, 2.05) is 24.3 Å². The zero-order valence-electron chi connectivity index (χ0n) is 12.7. The van der Waals surface area contributed by atoms with Gasteiger partial charge in [-0.3, -0.25) is 0 Å². The highest BCUT2D eigenvalue weighted by Crippen LogP contribution is 2.31. The van der Waals surface area contributed by atoms with Crippen molar-refractivity contribution in [1.29, 1.82) is 0 Å². The van der Waals surface area contributed by atoms with E-state index in [1.54, 1.807) is 0 Å². The molecule has 1 aliphatic carbocycles. The Balaban J connectivity index is 1.84. The second-order valence-corrected chi connectivity index (χ2v) is 7.63. The molecule has 1 fully saturated rings. The maximum atomic E-state index is 10.7. The fourth-order valence-corrected chi connectivity index (χ4v) is 3.39. The first-order valence-corrected chi connectivity index (χ1v) is 9.30. The fraction of sp³-hybridized carbons (Fsp3) is 0.200. The minimum atomic E-state index is -0.476. The van der Waals surface area contributed by atoms with Crippen molar-refractivity contribution in [2.45, 2.75) is 25.4 Å². The van der Waals surface area contributed by atoms with Crippen LogP contribution in [0.3, 0.4) is 0 Å². The SMILES string of the molecule is OC1/C(=C/c2ccc(Br)cc2)CCC/C1=C\c1ccc(Br)cc1. The monoisotopic (exact) mass is 432 g/mol. The quantitative estimate of drug-likeness (QED) is 0.595. The largest absolute Gasteiger partial charge is 0.384 e. The minimum absolute atomic E-state index is 0.476. The van der Waals surface area contributed by atoms with Crippen molar-refractivity contribution in [1.82, 2.24) is 0 Å². The summed E-state index contributed by atoms with van der Waals surface area (Å²) in [4.78, 5) is 0. The Hall–Kier alpha value is -1.16. The molecule has 0 amide bonds. The number of hydrogen-bond donors (Lipinski definition) is 1. The standard InChI is InChI=1S/C20H18Br2O/c21-18-8-4-14(5-9-18)12-16-2-1-3-17(20(16)23)13-15-6-10-19(22)11-7-15/h4-13,20,23H,1-3H2/b16-12+,17-13+. The van der Waals surface area contributed by atoms with E-state index in [9.17, 15) is 5.11 Å². The molecule has 1 saturated carbocycles. The van der Waals surface area contributed by atoms with E-state index in [4.69, 9.17) is 0 Å². The highest BCUT2D eigenvalue weighted by atomic mass is 79.9. The molecule has 0 bridgehead atoms. The van der Waals surface area contributed by atoms with Gasteiger partial charge >= 0.3 is 0 Å². The Morgan fingerprint density at radius 1 is 0.739 bits per heavy atom. The molecule has 23 heavy (non-hydrogen) atoms. The predicted molar refractivity (Wildman–Crippen MR) is 104 cm³/mol. The van der Waals surface area contributed by atoms with Crippen LogP contribution in [0, 0.1) is 0 Å². The third-order valence-electron chi connectivity index (χ3n) is 4.08. The van der Waals surface area contributed by atoms with Gasteiger partial charge in [0, 0.05) is 8.95 Å². The average Bonchev–Trinajstić information content (AvgIpc) is 2.55. The number of aliphatic hydroxyl groups is 1. The lowest BCUT2D eigenvalue weighted by molar-refractivity contribution is 0.229. The second kappa shape index (κ2) is 7.61. The highest BCUT2D eigenvalue weighted by Gasteiger charge is 2.21. The lowest BCUT2D eigenvalue weighted by Crippen LogP contribution is -2.18. The summed E-state index contributed by atoms with van der Waals surface area (Å²) in [5.41, 5.74) is 4.46. The minimum Gasteiger partial charge on any atom is -0.384 e. The lowest BCUT2D eigenvalue weighted by atomic mass is 9.85. The van der Waals surface area contributed by atoms with Crippen molar-refractivity contribution in [3.05, 3.63) is 79.7 Å². The van der Waals surface area contributed by atoms with Crippen molar-refractivity contribution < 1.29 is 5.11 Å². The molecule has 0 unspecified atom stereocenters. The number of hydrogen-bond acceptors (Lipinski definition) is 1. The summed E-state index contributed by atoms with van der Waals surface area (Å²) >= 11 is 6.90. The van der Waals surface area contributed by atoms with Gasteiger partial charge in [-0.1, -0.05) is 68.3 Å². The average molecular weight is 434 g/mol. The van der Waals surface area contributed by atoms with Gasteiger partial charge in [0.15, 0.2) is 0 Å². The summed E-state index contributed by atoms with van der Waals surface area (Å²) in [7, 11) is 0. The molecule has 0 atom stereocenters. The smallest absolute Gasteiger partial charge is 0.0967 e. The van der Waals surface area contributed by atoms with Crippen LogP contribution in [0.2, 0.25) is 0 Å². The molecule has 0 aromatic heterocycles. The molecule has 0 heterocycles. The summed E-state index contributed by atoms with van der Waals surface area (Å²) in [5.74, 6) is 0. The molecule has 0 spiro atoms. The van der Waals surface area contributed by atoms with Gasteiger partial charge in [-0.15, -0.1) is 0 Å². The van der Waals surface area contributed by atoms with Crippen LogP contribution >= 0.6 is 31.9 Å². The zero-order valence-corrected chi connectivity index (χ0v) is 15.8. The van der Waals surface area contributed by atoms with Gasteiger partial charge in [0.05, 0.1) is 6.10 Å². The molecule has 0 radical (unpaired) electrons. The summed E-state index contributed by atoms with van der Waals surface area (Å²) in [6.07, 6.45) is 6.75. The summed E-state index contributed by atoms with van der Waals surface area (Å²) < 4.78 is 2.14. The number of halogens is 2. The van der Waals surface area contributed by atoms with Gasteiger partial charge in [0.2, 0.25) is 0 Å². The first kappa shape index (κ1) is 16.7. The van der Waals surface area contributed by atoms with Gasteiger partial charge in [-0.25, -0.2) is 0 Å². The van der Waals surface area contributed by atoms with Gasteiger partial charge in [-0.2, -0.15) is 0 Å². The Bertz CT molecular complexity index is 664. The van der Waals surface area contributed by atoms with Crippen molar-refractivity contribution >= 4 is 44.0 Å². The van der Waals surface area contributed by atoms with Crippen LogP contribution in [0.4, 0.5) is 0 Å². The van der Waals surface area contributed by atoms with Crippen LogP contribution in [0.1, 0.15) is 30.4 Å². The van der Waals surface area contributed by atoms with E-state index in [0.717, 1.165) is 50.5 Å². The van der Waals surface area contributed by atoms with Crippen molar-refractivity contribution in [3.63, 3.8) is 0 Å². The van der Waals surface area contributed by atoms with Crippen molar-refractivity contribution in [2.75, 3.05) is 0 Å². The summed E-state index contributed by atoms with van der Waals surface area (Å²) in [5, 5.41) is 10.7. The maximum absolute atomic E-state index is 10.7.